The van der Waals surface area contributed by atoms with Gasteiger partial charge in [-0.3, -0.25) is 10.1 Å². The summed E-state index contributed by atoms with van der Waals surface area (Å²) in [5, 5.41) is 23.0. The maximum absolute atomic E-state index is 10.8. The van der Waals surface area contributed by atoms with Crippen LogP contribution in [-0.2, 0) is 12.8 Å². The predicted molar refractivity (Wildman–Crippen MR) is 102 cm³/mol. The average molecular weight is 375 g/mol. The molecule has 0 saturated heterocycles. The van der Waals surface area contributed by atoms with Crippen molar-refractivity contribution in [2.75, 3.05) is 0 Å². The minimum Gasteiger partial charge on any atom is -0.361 e. The van der Waals surface area contributed by atoms with Gasteiger partial charge in [-0.1, -0.05) is 34.6 Å². The van der Waals surface area contributed by atoms with E-state index in [1.54, 1.807) is 23.0 Å². The molecule has 2 heterocycles. The van der Waals surface area contributed by atoms with Crippen molar-refractivity contribution < 1.29 is 9.45 Å². The first-order chi connectivity index (χ1) is 13.6. The van der Waals surface area contributed by atoms with Crippen LogP contribution in [0.25, 0.3) is 16.9 Å². The van der Waals surface area contributed by atoms with Crippen LogP contribution < -0.4 is 0 Å². The Morgan fingerprint density at radius 3 is 2.64 bits per heavy atom. The van der Waals surface area contributed by atoms with Gasteiger partial charge < -0.3 is 4.52 Å². The lowest BCUT2D eigenvalue weighted by molar-refractivity contribution is -0.384. The topological polar surface area (TPSA) is 99.9 Å². The number of nitro benzene ring substituents is 1. The molecule has 0 spiro atoms. The molecular weight excluding hydrogens is 358 g/mol. The van der Waals surface area contributed by atoms with Gasteiger partial charge in [-0.05, 0) is 31.0 Å². The molecule has 0 amide bonds. The van der Waals surface area contributed by atoms with Crippen LogP contribution in [0.1, 0.15) is 17.0 Å². The highest BCUT2D eigenvalue weighted by Gasteiger charge is 2.12. The van der Waals surface area contributed by atoms with Crippen molar-refractivity contribution in [3.05, 3.63) is 87.9 Å². The third kappa shape index (κ3) is 3.52. The summed E-state index contributed by atoms with van der Waals surface area (Å²) in [7, 11) is 0. The van der Waals surface area contributed by atoms with Gasteiger partial charge in [0.1, 0.15) is 11.5 Å². The Kier molecular flexibility index (Phi) is 4.67. The Hall–Kier alpha value is -3.81. The minimum absolute atomic E-state index is 0.0378. The molecule has 2 aromatic carbocycles. The van der Waals surface area contributed by atoms with Crippen LogP contribution >= 0.6 is 0 Å². The normalized spacial score (nSPS) is 10.9. The molecule has 0 aliphatic heterocycles. The third-order valence-corrected chi connectivity index (χ3v) is 4.53. The van der Waals surface area contributed by atoms with Crippen molar-refractivity contribution in [1.82, 2.24) is 20.2 Å². The molecule has 0 radical (unpaired) electrons. The molecule has 0 aliphatic rings. The van der Waals surface area contributed by atoms with E-state index in [9.17, 15) is 10.1 Å². The molecule has 0 saturated carbocycles. The second-order valence-corrected chi connectivity index (χ2v) is 6.40. The zero-order chi connectivity index (χ0) is 19.5. The van der Waals surface area contributed by atoms with Crippen LogP contribution in [0.3, 0.4) is 0 Å². The monoisotopic (exact) mass is 375 g/mol. The number of hydrogen-bond acceptors (Lipinski definition) is 6. The molecule has 28 heavy (non-hydrogen) atoms. The highest BCUT2D eigenvalue weighted by Crippen LogP contribution is 2.23. The number of aromatic nitrogens is 4. The summed E-state index contributed by atoms with van der Waals surface area (Å²) in [5.74, 6) is 0.773. The molecule has 4 rings (SSSR count). The lowest BCUT2D eigenvalue weighted by Crippen LogP contribution is -2.03. The fourth-order valence-electron chi connectivity index (χ4n) is 3.03. The summed E-state index contributed by atoms with van der Waals surface area (Å²) < 4.78 is 7.15. The van der Waals surface area contributed by atoms with Gasteiger partial charge in [0.15, 0.2) is 0 Å². The standard InChI is InChI=1S/C20H17N5O3/c1-14-4-2-3-5-19(14)20-12-18(28-22-20)11-10-17-13-21-23-24(17)15-6-8-16(9-7-15)25(26)27/h2-9,12-13H,10-11H2,1H3. The largest absolute Gasteiger partial charge is 0.361 e. The Morgan fingerprint density at radius 2 is 1.89 bits per heavy atom. The van der Waals surface area contributed by atoms with E-state index in [4.69, 9.17) is 4.52 Å². The summed E-state index contributed by atoms with van der Waals surface area (Å²) >= 11 is 0. The van der Waals surface area contributed by atoms with E-state index in [0.29, 0.717) is 12.8 Å². The van der Waals surface area contributed by atoms with E-state index in [1.807, 2.05) is 37.3 Å². The maximum atomic E-state index is 10.8. The van der Waals surface area contributed by atoms with E-state index in [2.05, 4.69) is 15.5 Å². The van der Waals surface area contributed by atoms with Crippen LogP contribution in [0, 0.1) is 17.0 Å². The summed E-state index contributed by atoms with van der Waals surface area (Å²) in [5.41, 5.74) is 4.64. The number of non-ortho nitro benzene ring substituents is 1. The molecule has 0 aliphatic carbocycles. The molecule has 0 bridgehead atoms. The van der Waals surface area contributed by atoms with E-state index in [-0.39, 0.29) is 5.69 Å². The van der Waals surface area contributed by atoms with Crippen LogP contribution in [0.2, 0.25) is 0 Å². The first kappa shape index (κ1) is 17.6. The predicted octanol–water partition coefficient (Wildman–Crippen LogP) is 3.92. The lowest BCUT2D eigenvalue weighted by Gasteiger charge is -2.05. The van der Waals surface area contributed by atoms with Gasteiger partial charge in [-0.25, -0.2) is 4.68 Å². The first-order valence-corrected chi connectivity index (χ1v) is 8.78. The zero-order valence-electron chi connectivity index (χ0n) is 15.1. The Morgan fingerprint density at radius 1 is 1.11 bits per heavy atom. The maximum Gasteiger partial charge on any atom is 0.269 e. The fraction of sp³-hybridized carbons (Fsp3) is 0.150. The highest BCUT2D eigenvalue weighted by atomic mass is 16.6. The molecule has 4 aromatic rings. The van der Waals surface area contributed by atoms with E-state index in [0.717, 1.165) is 34.0 Å². The molecule has 0 N–H and O–H groups in total. The number of benzene rings is 2. The Balaban J connectivity index is 1.49. The van der Waals surface area contributed by atoms with Gasteiger partial charge in [-0.15, -0.1) is 5.10 Å². The number of rotatable bonds is 6. The highest BCUT2D eigenvalue weighted by molar-refractivity contribution is 5.62. The first-order valence-electron chi connectivity index (χ1n) is 8.78. The van der Waals surface area contributed by atoms with Crippen LogP contribution in [0.4, 0.5) is 5.69 Å². The summed E-state index contributed by atoms with van der Waals surface area (Å²) in [6.07, 6.45) is 2.96. The zero-order valence-corrected chi connectivity index (χ0v) is 15.1. The Labute approximate surface area is 160 Å². The van der Waals surface area contributed by atoms with Crippen molar-refractivity contribution >= 4 is 5.69 Å². The molecule has 2 aromatic heterocycles. The molecular formula is C20H17N5O3. The average Bonchev–Trinajstić information content (AvgIpc) is 3.36. The molecule has 140 valence electrons. The second-order valence-electron chi connectivity index (χ2n) is 6.40. The van der Waals surface area contributed by atoms with E-state index in [1.165, 1.54) is 12.1 Å². The van der Waals surface area contributed by atoms with Crippen LogP contribution in [0.15, 0.2) is 65.3 Å². The van der Waals surface area contributed by atoms with E-state index >= 15 is 0 Å². The van der Waals surface area contributed by atoms with E-state index < -0.39 is 4.92 Å². The Bertz CT molecular complexity index is 1110. The molecule has 8 nitrogen and oxygen atoms in total. The minimum atomic E-state index is -0.429. The smallest absolute Gasteiger partial charge is 0.269 e. The van der Waals surface area contributed by atoms with Crippen molar-refractivity contribution in [2.24, 2.45) is 0 Å². The number of nitro groups is 1. The van der Waals surface area contributed by atoms with Gasteiger partial charge >= 0.3 is 0 Å². The molecule has 8 heteroatoms. The molecule has 0 atom stereocenters. The van der Waals surface area contributed by atoms with Gasteiger partial charge in [-0.2, -0.15) is 0 Å². The van der Waals surface area contributed by atoms with Crippen molar-refractivity contribution in [2.45, 2.75) is 19.8 Å². The van der Waals surface area contributed by atoms with Crippen LogP contribution in [-0.4, -0.2) is 25.1 Å². The molecule has 0 unspecified atom stereocenters. The van der Waals surface area contributed by atoms with Gasteiger partial charge in [0, 0.05) is 30.2 Å². The second kappa shape index (κ2) is 7.43. The number of aryl methyl sites for hydroxylation is 3. The summed E-state index contributed by atoms with van der Waals surface area (Å²) in [4.78, 5) is 10.4. The lowest BCUT2D eigenvalue weighted by atomic mass is 10.1. The third-order valence-electron chi connectivity index (χ3n) is 4.53. The fourth-order valence-corrected chi connectivity index (χ4v) is 3.03. The van der Waals surface area contributed by atoms with Crippen LogP contribution in [0.5, 0.6) is 0 Å². The van der Waals surface area contributed by atoms with Gasteiger partial charge in [0.05, 0.1) is 22.5 Å². The van der Waals surface area contributed by atoms with Crippen molar-refractivity contribution in [3.63, 3.8) is 0 Å². The van der Waals surface area contributed by atoms with Gasteiger partial charge in [0.25, 0.3) is 5.69 Å². The van der Waals surface area contributed by atoms with Gasteiger partial charge in [0.2, 0.25) is 0 Å². The quantitative estimate of drug-likeness (QED) is 0.374. The van der Waals surface area contributed by atoms with Crippen molar-refractivity contribution in [1.29, 1.82) is 0 Å². The summed E-state index contributed by atoms with van der Waals surface area (Å²) in [6, 6.07) is 16.2. The SMILES string of the molecule is Cc1ccccc1-c1cc(CCc2cnnn2-c2ccc([N+](=O)[O-])cc2)on1. The molecule has 0 fully saturated rings. The number of hydrogen-bond donors (Lipinski definition) is 0. The summed E-state index contributed by atoms with van der Waals surface area (Å²) in [6.45, 7) is 2.04. The van der Waals surface area contributed by atoms with Crippen molar-refractivity contribution in [3.8, 4) is 16.9 Å². The number of nitrogens with zero attached hydrogens (tertiary/aromatic N) is 5.